The van der Waals surface area contributed by atoms with Gasteiger partial charge in [0.2, 0.25) is 0 Å². The second kappa shape index (κ2) is 11.2. The van der Waals surface area contributed by atoms with Gasteiger partial charge in [0, 0.05) is 40.2 Å². The van der Waals surface area contributed by atoms with Crippen LogP contribution in [0.4, 0.5) is 16.3 Å². The van der Waals surface area contributed by atoms with Crippen molar-refractivity contribution in [1.82, 2.24) is 29.7 Å². The number of pyridine rings is 2. The van der Waals surface area contributed by atoms with E-state index in [4.69, 9.17) is 9.84 Å². The molecule has 0 aliphatic rings. The van der Waals surface area contributed by atoms with Crippen LogP contribution in [-0.4, -0.2) is 42.0 Å². The summed E-state index contributed by atoms with van der Waals surface area (Å²) in [6.07, 6.45) is 6.39. The van der Waals surface area contributed by atoms with Gasteiger partial charge in [0.1, 0.15) is 17.1 Å². The molecule has 0 spiro atoms. The predicted octanol–water partition coefficient (Wildman–Crippen LogP) is 6.51. The molecule has 4 aromatic heterocycles. The topological polar surface area (TPSA) is 140 Å². The zero-order valence-electron chi connectivity index (χ0n) is 23.9. The van der Waals surface area contributed by atoms with E-state index < -0.39 is 6.03 Å². The van der Waals surface area contributed by atoms with E-state index in [0.717, 1.165) is 27.2 Å². The molecule has 0 atom stereocenters. The number of hydrogen-bond acceptors (Lipinski definition) is 8. The van der Waals surface area contributed by atoms with Crippen molar-refractivity contribution in [3.8, 4) is 17.2 Å². The van der Waals surface area contributed by atoms with E-state index in [1.807, 2.05) is 48.7 Å². The molecule has 11 nitrogen and oxygen atoms in total. The molecule has 0 unspecified atom stereocenters. The number of aromatic amines is 1. The number of urea groups is 1. The van der Waals surface area contributed by atoms with Gasteiger partial charge in [-0.25, -0.2) is 19.4 Å². The van der Waals surface area contributed by atoms with Gasteiger partial charge >= 0.3 is 6.03 Å². The Morgan fingerprint density at radius 2 is 1.84 bits per heavy atom. The Balaban J connectivity index is 1.25. The number of thioether (sulfide) groups is 1. The van der Waals surface area contributed by atoms with Crippen molar-refractivity contribution in [2.24, 2.45) is 0 Å². The first-order chi connectivity index (χ1) is 20.7. The molecule has 6 aromatic rings. The van der Waals surface area contributed by atoms with Crippen LogP contribution in [0.2, 0.25) is 0 Å². The number of amides is 2. The molecular formula is C31H28N8O3S. The Morgan fingerprint density at radius 1 is 0.977 bits per heavy atom. The highest BCUT2D eigenvalue weighted by Gasteiger charge is 2.22. The Hall–Kier alpha value is -5.23. The predicted molar refractivity (Wildman–Crippen MR) is 169 cm³/mol. The van der Waals surface area contributed by atoms with E-state index in [9.17, 15) is 9.59 Å². The van der Waals surface area contributed by atoms with Crippen LogP contribution in [-0.2, 0) is 5.41 Å². The SMILES string of the molecule is CSc1cc(Oc2ccnc3[nH]c(=O)cnc23)ccc1NC(=O)Nc1cc(C(C)(C)C)nn1-c1ccc2ncccc2c1. The number of hydrogen-bond donors (Lipinski definition) is 3. The lowest BCUT2D eigenvalue weighted by atomic mass is 9.92. The third kappa shape index (κ3) is 5.90. The van der Waals surface area contributed by atoms with Crippen molar-refractivity contribution in [2.45, 2.75) is 31.1 Å². The minimum absolute atomic E-state index is 0.233. The van der Waals surface area contributed by atoms with Gasteiger partial charge in [-0.05, 0) is 48.7 Å². The van der Waals surface area contributed by atoms with Crippen LogP contribution in [0.5, 0.6) is 11.5 Å². The zero-order chi connectivity index (χ0) is 30.1. The molecule has 3 N–H and O–H groups in total. The normalized spacial score (nSPS) is 11.5. The molecule has 43 heavy (non-hydrogen) atoms. The number of benzene rings is 2. The number of carbonyl (C=O) groups excluding carboxylic acids is 1. The highest BCUT2D eigenvalue weighted by atomic mass is 32.2. The van der Waals surface area contributed by atoms with Crippen LogP contribution >= 0.6 is 11.8 Å². The Labute approximate surface area is 250 Å². The van der Waals surface area contributed by atoms with Crippen LogP contribution in [0.15, 0.2) is 88.9 Å². The zero-order valence-corrected chi connectivity index (χ0v) is 24.7. The summed E-state index contributed by atoms with van der Waals surface area (Å²) in [5, 5.41) is 11.7. The highest BCUT2D eigenvalue weighted by Crippen LogP contribution is 2.34. The van der Waals surface area contributed by atoms with Gasteiger partial charge in [0.15, 0.2) is 11.4 Å². The van der Waals surface area contributed by atoms with E-state index in [1.54, 1.807) is 29.1 Å². The van der Waals surface area contributed by atoms with E-state index in [1.165, 1.54) is 24.2 Å². The third-order valence-electron chi connectivity index (χ3n) is 6.64. The second-order valence-electron chi connectivity index (χ2n) is 10.8. The lowest BCUT2D eigenvalue weighted by Crippen LogP contribution is -2.21. The number of ether oxygens (including phenoxy) is 1. The molecule has 12 heteroatoms. The summed E-state index contributed by atoms with van der Waals surface area (Å²) in [6.45, 7) is 6.23. The highest BCUT2D eigenvalue weighted by molar-refractivity contribution is 7.98. The molecule has 0 saturated heterocycles. The number of rotatable bonds is 6. The summed E-state index contributed by atoms with van der Waals surface area (Å²) in [4.78, 5) is 41.1. The fraction of sp³-hybridized carbons (Fsp3) is 0.161. The Bertz CT molecular complexity index is 2050. The number of nitrogens with zero attached hydrogens (tertiary/aromatic N) is 5. The van der Waals surface area contributed by atoms with E-state index in [2.05, 4.69) is 51.3 Å². The number of H-pyrrole nitrogens is 1. The van der Waals surface area contributed by atoms with Gasteiger partial charge in [0.05, 0.1) is 28.8 Å². The number of fused-ring (bicyclic) bond motifs is 2. The van der Waals surface area contributed by atoms with Crippen molar-refractivity contribution >= 4 is 51.4 Å². The average Bonchev–Trinajstić information content (AvgIpc) is 3.42. The quantitative estimate of drug-likeness (QED) is 0.186. The molecule has 0 saturated carbocycles. The summed E-state index contributed by atoms with van der Waals surface area (Å²) >= 11 is 1.46. The molecule has 0 radical (unpaired) electrons. The molecular weight excluding hydrogens is 564 g/mol. The first-order valence-electron chi connectivity index (χ1n) is 13.4. The van der Waals surface area contributed by atoms with Crippen molar-refractivity contribution in [3.05, 3.63) is 95.3 Å². The maximum Gasteiger partial charge on any atom is 0.324 e. The van der Waals surface area contributed by atoms with E-state index in [0.29, 0.717) is 34.2 Å². The molecule has 0 aliphatic heterocycles. The van der Waals surface area contributed by atoms with Gasteiger partial charge in [-0.3, -0.25) is 15.1 Å². The molecule has 4 heterocycles. The van der Waals surface area contributed by atoms with Gasteiger partial charge in [0.25, 0.3) is 5.56 Å². The average molecular weight is 593 g/mol. The lowest BCUT2D eigenvalue weighted by Gasteiger charge is -2.14. The van der Waals surface area contributed by atoms with Crippen LogP contribution in [0.25, 0.3) is 27.8 Å². The fourth-order valence-electron chi connectivity index (χ4n) is 4.47. The van der Waals surface area contributed by atoms with Crippen LogP contribution in [0.1, 0.15) is 26.5 Å². The molecule has 216 valence electrons. The Morgan fingerprint density at radius 3 is 2.65 bits per heavy atom. The molecule has 6 rings (SSSR count). The number of anilines is 2. The summed E-state index contributed by atoms with van der Waals surface area (Å²) in [6, 6.07) is 18.2. The van der Waals surface area contributed by atoms with Gasteiger partial charge in [-0.2, -0.15) is 5.10 Å². The lowest BCUT2D eigenvalue weighted by molar-refractivity contribution is 0.262. The van der Waals surface area contributed by atoms with Crippen LogP contribution < -0.4 is 20.9 Å². The van der Waals surface area contributed by atoms with E-state index in [-0.39, 0.29) is 11.0 Å². The minimum Gasteiger partial charge on any atom is -0.455 e. The Kier molecular flexibility index (Phi) is 7.28. The maximum atomic E-state index is 13.3. The van der Waals surface area contributed by atoms with Crippen molar-refractivity contribution in [1.29, 1.82) is 0 Å². The first kappa shape index (κ1) is 27.9. The van der Waals surface area contributed by atoms with Gasteiger partial charge in [-0.15, -0.1) is 11.8 Å². The second-order valence-corrected chi connectivity index (χ2v) is 11.6. The summed E-state index contributed by atoms with van der Waals surface area (Å²) in [5.41, 5.74) is 3.32. The molecule has 2 aromatic carbocycles. The monoisotopic (exact) mass is 592 g/mol. The van der Waals surface area contributed by atoms with Gasteiger partial charge in [-0.1, -0.05) is 26.8 Å². The third-order valence-corrected chi connectivity index (χ3v) is 7.42. The summed E-state index contributed by atoms with van der Waals surface area (Å²) in [7, 11) is 0. The standard InChI is InChI=1S/C31H28N8O3S/c1-31(2,3)25-16-26(39(38-25)19-7-9-21-18(14-19)6-5-12-32-21)36-30(41)35-22-10-8-20(15-24(22)43-4)42-23-11-13-33-29-28(23)34-17-27(40)37-29/h5-17H,1-4H3,(H,33,37,40)(H2,35,36,41). The van der Waals surface area contributed by atoms with Crippen LogP contribution in [0, 0.1) is 0 Å². The largest absolute Gasteiger partial charge is 0.455 e. The van der Waals surface area contributed by atoms with Crippen molar-refractivity contribution in [3.63, 3.8) is 0 Å². The smallest absolute Gasteiger partial charge is 0.324 e. The molecule has 2 amide bonds. The summed E-state index contributed by atoms with van der Waals surface area (Å²) < 4.78 is 7.81. The minimum atomic E-state index is -0.415. The number of nitrogens with one attached hydrogen (secondary N) is 3. The first-order valence-corrected chi connectivity index (χ1v) is 14.6. The van der Waals surface area contributed by atoms with Crippen molar-refractivity contribution in [2.75, 3.05) is 16.9 Å². The van der Waals surface area contributed by atoms with Crippen molar-refractivity contribution < 1.29 is 9.53 Å². The van der Waals surface area contributed by atoms with Gasteiger partial charge < -0.3 is 15.0 Å². The number of aromatic nitrogens is 6. The maximum absolute atomic E-state index is 13.3. The fourth-order valence-corrected chi connectivity index (χ4v) is 5.04. The van der Waals surface area contributed by atoms with E-state index >= 15 is 0 Å². The molecule has 0 fully saturated rings. The molecule has 0 aliphatic carbocycles. The van der Waals surface area contributed by atoms with Crippen LogP contribution in [0.3, 0.4) is 0 Å². The summed E-state index contributed by atoms with van der Waals surface area (Å²) in [5.74, 6) is 1.51. The molecule has 0 bridgehead atoms. The number of carbonyl (C=O) groups is 1.